The summed E-state index contributed by atoms with van der Waals surface area (Å²) < 4.78 is 0. The summed E-state index contributed by atoms with van der Waals surface area (Å²) in [6.45, 7) is 2.64. The molecule has 0 aliphatic rings. The fourth-order valence-electron chi connectivity index (χ4n) is 2.68. The van der Waals surface area contributed by atoms with Crippen molar-refractivity contribution in [2.75, 3.05) is 13.2 Å². The lowest BCUT2D eigenvalue weighted by Gasteiger charge is -2.15. The van der Waals surface area contributed by atoms with Crippen LogP contribution in [-0.2, 0) is 0 Å². The van der Waals surface area contributed by atoms with Gasteiger partial charge in [0, 0.05) is 42.4 Å². The fourth-order valence-corrected chi connectivity index (χ4v) is 2.68. The molecule has 0 fully saturated rings. The first-order valence-corrected chi connectivity index (χ1v) is 7.71. The van der Waals surface area contributed by atoms with Gasteiger partial charge in [0.15, 0.2) is 0 Å². The zero-order valence-electron chi connectivity index (χ0n) is 13.0. The number of nitrogens with zero attached hydrogens (tertiary/aromatic N) is 1. The van der Waals surface area contributed by atoms with Crippen molar-refractivity contribution in [1.82, 2.24) is 10.3 Å². The van der Waals surface area contributed by atoms with Crippen molar-refractivity contribution in [2.45, 2.75) is 26.2 Å². The Labute approximate surface area is 133 Å². The molecule has 0 bridgehead atoms. The Bertz CT molecular complexity index is 690. The Morgan fingerprint density at radius 2 is 2.22 bits per heavy atom. The fraction of sp³-hybridized carbons (Fsp3) is 0.438. The van der Waals surface area contributed by atoms with Gasteiger partial charge in [0.05, 0.1) is 10.5 Å². The molecule has 7 nitrogen and oxygen atoms in total. The highest BCUT2D eigenvalue weighted by molar-refractivity contribution is 6.07. The number of aliphatic hydroxyl groups excluding tert-OH is 1. The number of H-pyrrole nitrogens is 1. The number of carbonyl (C=O) groups excluding carboxylic acids is 1. The zero-order chi connectivity index (χ0) is 16.8. The minimum absolute atomic E-state index is 0.0460. The molecule has 1 aromatic carbocycles. The van der Waals surface area contributed by atoms with Gasteiger partial charge in [-0.25, -0.2) is 0 Å². The van der Waals surface area contributed by atoms with Gasteiger partial charge in [-0.1, -0.05) is 13.3 Å². The molecule has 0 spiro atoms. The van der Waals surface area contributed by atoms with Crippen molar-refractivity contribution >= 4 is 22.5 Å². The van der Waals surface area contributed by atoms with Crippen molar-refractivity contribution < 1.29 is 14.8 Å². The maximum absolute atomic E-state index is 12.4. The van der Waals surface area contributed by atoms with Gasteiger partial charge in [0.1, 0.15) is 0 Å². The summed E-state index contributed by atoms with van der Waals surface area (Å²) in [5.74, 6) is -0.0377. The minimum Gasteiger partial charge on any atom is -0.396 e. The predicted molar refractivity (Wildman–Crippen MR) is 87.4 cm³/mol. The lowest BCUT2D eigenvalue weighted by molar-refractivity contribution is -0.384. The summed E-state index contributed by atoms with van der Waals surface area (Å²) in [7, 11) is 0. The number of carbonyl (C=O) groups is 1. The largest absolute Gasteiger partial charge is 0.396 e. The molecule has 2 rings (SSSR count). The highest BCUT2D eigenvalue weighted by Gasteiger charge is 2.16. The van der Waals surface area contributed by atoms with Crippen LogP contribution in [0.25, 0.3) is 10.9 Å². The van der Waals surface area contributed by atoms with E-state index >= 15 is 0 Å². The van der Waals surface area contributed by atoms with Gasteiger partial charge in [0.25, 0.3) is 11.6 Å². The first-order valence-electron chi connectivity index (χ1n) is 7.71. The lowest BCUT2D eigenvalue weighted by Crippen LogP contribution is -2.29. The summed E-state index contributed by atoms with van der Waals surface area (Å²) in [6, 6.07) is 4.40. The van der Waals surface area contributed by atoms with Crippen LogP contribution in [0.5, 0.6) is 0 Å². The van der Waals surface area contributed by atoms with Crippen LogP contribution in [-0.4, -0.2) is 34.1 Å². The molecule has 1 aromatic heterocycles. The summed E-state index contributed by atoms with van der Waals surface area (Å²) in [5.41, 5.74) is 1.03. The van der Waals surface area contributed by atoms with E-state index in [4.69, 9.17) is 5.11 Å². The molecule has 2 aromatic rings. The van der Waals surface area contributed by atoms with Crippen molar-refractivity contribution in [3.63, 3.8) is 0 Å². The normalized spacial score (nSPS) is 12.3. The third kappa shape index (κ3) is 4.07. The SMILES string of the molecule is CCCC(CCO)CNC(=O)c1c[nH]c2ccc([N+](=O)[O-])cc12. The van der Waals surface area contributed by atoms with Crippen LogP contribution in [0, 0.1) is 16.0 Å². The summed E-state index contributed by atoms with van der Waals surface area (Å²) >= 11 is 0. The number of hydrogen-bond acceptors (Lipinski definition) is 4. The number of rotatable bonds is 8. The highest BCUT2D eigenvalue weighted by Crippen LogP contribution is 2.23. The molecule has 1 heterocycles. The summed E-state index contributed by atoms with van der Waals surface area (Å²) in [4.78, 5) is 25.7. The molecule has 1 unspecified atom stereocenters. The van der Waals surface area contributed by atoms with Crippen LogP contribution in [0.4, 0.5) is 5.69 Å². The lowest BCUT2D eigenvalue weighted by atomic mass is 10.00. The van der Waals surface area contributed by atoms with E-state index in [-0.39, 0.29) is 24.1 Å². The maximum Gasteiger partial charge on any atom is 0.270 e. The Hall–Kier alpha value is -2.41. The second kappa shape index (κ2) is 7.73. The van der Waals surface area contributed by atoms with E-state index in [2.05, 4.69) is 17.2 Å². The molecule has 7 heteroatoms. The second-order valence-corrected chi connectivity index (χ2v) is 5.57. The molecular formula is C16H21N3O4. The van der Waals surface area contributed by atoms with Crippen LogP contribution in [0.2, 0.25) is 0 Å². The maximum atomic E-state index is 12.4. The zero-order valence-corrected chi connectivity index (χ0v) is 13.0. The van der Waals surface area contributed by atoms with Crippen molar-refractivity contribution in [3.05, 3.63) is 40.1 Å². The van der Waals surface area contributed by atoms with E-state index in [0.29, 0.717) is 29.4 Å². The van der Waals surface area contributed by atoms with Crippen LogP contribution in [0.15, 0.2) is 24.4 Å². The summed E-state index contributed by atoms with van der Waals surface area (Å²) in [5, 5.41) is 23.3. The molecular weight excluding hydrogens is 298 g/mol. The molecule has 1 amide bonds. The van der Waals surface area contributed by atoms with Gasteiger partial charge in [-0.2, -0.15) is 0 Å². The number of amides is 1. The van der Waals surface area contributed by atoms with E-state index < -0.39 is 4.92 Å². The van der Waals surface area contributed by atoms with Gasteiger partial charge >= 0.3 is 0 Å². The molecule has 0 saturated heterocycles. The van der Waals surface area contributed by atoms with E-state index in [9.17, 15) is 14.9 Å². The van der Waals surface area contributed by atoms with Crippen LogP contribution >= 0.6 is 0 Å². The highest BCUT2D eigenvalue weighted by atomic mass is 16.6. The van der Waals surface area contributed by atoms with Crippen molar-refractivity contribution in [1.29, 1.82) is 0 Å². The average molecular weight is 319 g/mol. The number of aromatic nitrogens is 1. The second-order valence-electron chi connectivity index (χ2n) is 5.57. The molecule has 1 atom stereocenters. The minimum atomic E-state index is -0.480. The topological polar surface area (TPSA) is 108 Å². The molecule has 124 valence electrons. The molecule has 0 saturated carbocycles. The number of fused-ring (bicyclic) bond motifs is 1. The van der Waals surface area contributed by atoms with E-state index in [1.807, 2.05) is 0 Å². The quantitative estimate of drug-likeness (QED) is 0.513. The number of hydrogen-bond donors (Lipinski definition) is 3. The van der Waals surface area contributed by atoms with Crippen molar-refractivity contribution in [3.8, 4) is 0 Å². The van der Waals surface area contributed by atoms with Gasteiger partial charge in [-0.3, -0.25) is 14.9 Å². The first-order chi connectivity index (χ1) is 11.1. The Morgan fingerprint density at radius 3 is 2.87 bits per heavy atom. The van der Waals surface area contributed by atoms with Gasteiger partial charge in [-0.15, -0.1) is 0 Å². The van der Waals surface area contributed by atoms with Crippen LogP contribution < -0.4 is 5.32 Å². The predicted octanol–water partition coefficient (Wildman–Crippen LogP) is 2.60. The van der Waals surface area contributed by atoms with Gasteiger partial charge in [0.2, 0.25) is 0 Å². The van der Waals surface area contributed by atoms with E-state index in [1.165, 1.54) is 12.1 Å². The number of benzene rings is 1. The number of non-ortho nitro benzene ring substituents is 1. The van der Waals surface area contributed by atoms with Crippen molar-refractivity contribution in [2.24, 2.45) is 5.92 Å². The molecule has 0 radical (unpaired) electrons. The van der Waals surface area contributed by atoms with Gasteiger partial charge in [-0.05, 0) is 24.8 Å². The van der Waals surface area contributed by atoms with Crippen LogP contribution in [0.3, 0.4) is 0 Å². The van der Waals surface area contributed by atoms with Crippen LogP contribution in [0.1, 0.15) is 36.5 Å². The first kappa shape index (κ1) is 17.0. The Morgan fingerprint density at radius 1 is 1.43 bits per heavy atom. The van der Waals surface area contributed by atoms with E-state index in [0.717, 1.165) is 12.8 Å². The molecule has 3 N–H and O–H groups in total. The molecule has 0 aliphatic carbocycles. The smallest absolute Gasteiger partial charge is 0.270 e. The van der Waals surface area contributed by atoms with E-state index in [1.54, 1.807) is 12.3 Å². The Balaban J connectivity index is 2.14. The average Bonchev–Trinajstić information content (AvgIpc) is 2.95. The number of aromatic amines is 1. The number of nitro benzene ring substituents is 1. The molecule has 23 heavy (non-hydrogen) atoms. The summed E-state index contributed by atoms with van der Waals surface area (Å²) in [6.07, 6.45) is 4.12. The standard InChI is InChI=1S/C16H21N3O4/c1-2-3-11(6-7-20)9-18-16(21)14-10-17-15-5-4-12(19(22)23)8-13(14)15/h4-5,8,10-11,17,20H,2-3,6-7,9H2,1H3,(H,18,21). The number of nitrogens with one attached hydrogen (secondary N) is 2. The van der Waals surface area contributed by atoms with Gasteiger partial charge < -0.3 is 15.4 Å². The molecule has 0 aliphatic heterocycles. The monoisotopic (exact) mass is 319 g/mol. The third-order valence-corrected chi connectivity index (χ3v) is 3.91. The third-order valence-electron chi connectivity index (χ3n) is 3.91. The number of nitro groups is 1. The number of aliphatic hydroxyl groups is 1. The Kier molecular flexibility index (Phi) is 5.70.